The Morgan fingerprint density at radius 3 is 2.00 bits per heavy atom. The molecular formula is C31H32F6N4O5. The van der Waals surface area contributed by atoms with Gasteiger partial charge in [0.2, 0.25) is 0 Å². The molecule has 0 fully saturated rings. The van der Waals surface area contributed by atoms with Crippen LogP contribution in [0.5, 0.6) is 5.75 Å². The average Bonchev–Trinajstić information content (AvgIpc) is 3.36. The van der Waals surface area contributed by atoms with Gasteiger partial charge in [-0.05, 0) is 44.5 Å². The normalized spacial score (nSPS) is 12.5. The predicted molar refractivity (Wildman–Crippen MR) is 155 cm³/mol. The molecule has 2 aromatic carbocycles. The zero-order valence-electron chi connectivity index (χ0n) is 25.2. The van der Waals surface area contributed by atoms with Crippen molar-refractivity contribution in [1.29, 1.82) is 0 Å². The second-order valence-electron chi connectivity index (χ2n) is 11.0. The second-order valence-corrected chi connectivity index (χ2v) is 11.0. The number of amides is 1. The van der Waals surface area contributed by atoms with Gasteiger partial charge in [0.05, 0.1) is 32.0 Å². The van der Waals surface area contributed by atoms with Crippen LogP contribution in [0.15, 0.2) is 60.7 Å². The standard InChI is InChI=1S/C31H32F6N4O5/c1-29(2,3)40(28(42)43)13-14-44-15-16-45-17-18-46-22-11-9-20(10-12-22)25-26(21-7-5-4-6-8-21)39-41-24(31(35,36)37)19-23(30(32,33)34)38-27(25)41/h4-12,19H,13-18H2,1-3H3,(H,42,43). The van der Waals surface area contributed by atoms with Crippen molar-refractivity contribution >= 4 is 11.7 Å². The quantitative estimate of drug-likeness (QED) is 0.127. The van der Waals surface area contributed by atoms with Crippen molar-refractivity contribution in [2.24, 2.45) is 0 Å². The molecule has 0 radical (unpaired) electrons. The summed E-state index contributed by atoms with van der Waals surface area (Å²) in [7, 11) is 0. The monoisotopic (exact) mass is 654 g/mol. The highest BCUT2D eigenvalue weighted by atomic mass is 19.4. The average molecular weight is 655 g/mol. The van der Waals surface area contributed by atoms with E-state index in [4.69, 9.17) is 14.2 Å². The number of ether oxygens (including phenoxy) is 3. The van der Waals surface area contributed by atoms with Crippen LogP contribution >= 0.6 is 0 Å². The molecule has 0 aliphatic rings. The van der Waals surface area contributed by atoms with Crippen LogP contribution in [0.25, 0.3) is 28.0 Å². The number of fused-ring (bicyclic) bond motifs is 1. The Morgan fingerprint density at radius 2 is 1.43 bits per heavy atom. The van der Waals surface area contributed by atoms with Crippen molar-refractivity contribution in [3.63, 3.8) is 0 Å². The molecule has 1 N–H and O–H groups in total. The van der Waals surface area contributed by atoms with Crippen LogP contribution in [0, 0.1) is 0 Å². The highest BCUT2D eigenvalue weighted by Crippen LogP contribution is 2.40. The summed E-state index contributed by atoms with van der Waals surface area (Å²) in [5.74, 6) is 0.386. The number of nitrogens with zero attached hydrogens (tertiary/aromatic N) is 4. The number of hydrogen-bond acceptors (Lipinski definition) is 6. The number of hydrogen-bond donors (Lipinski definition) is 1. The zero-order valence-corrected chi connectivity index (χ0v) is 25.2. The number of rotatable bonds is 12. The van der Waals surface area contributed by atoms with Crippen molar-refractivity contribution in [3.8, 4) is 28.1 Å². The summed E-state index contributed by atoms with van der Waals surface area (Å²) in [6.07, 6.45) is -11.3. The van der Waals surface area contributed by atoms with Crippen molar-refractivity contribution in [2.75, 3.05) is 39.6 Å². The summed E-state index contributed by atoms with van der Waals surface area (Å²) < 4.78 is 99.6. The van der Waals surface area contributed by atoms with Gasteiger partial charge in [-0.3, -0.25) is 0 Å². The number of aromatic nitrogens is 3. The Bertz CT molecular complexity index is 1620. The molecule has 2 aromatic heterocycles. The minimum atomic E-state index is -5.14. The van der Waals surface area contributed by atoms with Gasteiger partial charge < -0.3 is 24.2 Å². The maximum atomic E-state index is 13.9. The maximum Gasteiger partial charge on any atom is 0.433 e. The minimum Gasteiger partial charge on any atom is -0.491 e. The van der Waals surface area contributed by atoms with Crippen molar-refractivity contribution in [2.45, 2.75) is 38.7 Å². The van der Waals surface area contributed by atoms with Crippen LogP contribution < -0.4 is 4.74 Å². The van der Waals surface area contributed by atoms with Gasteiger partial charge >= 0.3 is 18.4 Å². The first-order valence-electron chi connectivity index (χ1n) is 14.1. The van der Waals surface area contributed by atoms with Crippen LogP contribution in [0.3, 0.4) is 0 Å². The molecule has 4 aromatic rings. The fourth-order valence-corrected chi connectivity index (χ4v) is 4.56. The molecule has 0 bridgehead atoms. The van der Waals surface area contributed by atoms with Crippen molar-refractivity contribution in [1.82, 2.24) is 19.5 Å². The summed E-state index contributed by atoms with van der Waals surface area (Å²) in [6.45, 7) is 6.62. The molecule has 4 rings (SSSR count). The molecule has 2 heterocycles. The predicted octanol–water partition coefficient (Wildman–Crippen LogP) is 7.29. The first kappa shape index (κ1) is 34.5. The van der Waals surface area contributed by atoms with Crippen LogP contribution in [-0.4, -0.2) is 75.8 Å². The van der Waals surface area contributed by atoms with Gasteiger partial charge in [-0.15, -0.1) is 0 Å². The third-order valence-corrected chi connectivity index (χ3v) is 6.73. The summed E-state index contributed by atoms with van der Waals surface area (Å²) in [5.41, 5.74) is -3.76. The molecule has 0 saturated carbocycles. The first-order valence-corrected chi connectivity index (χ1v) is 14.1. The third-order valence-electron chi connectivity index (χ3n) is 6.73. The van der Waals surface area contributed by atoms with Crippen molar-refractivity contribution < 1.29 is 50.5 Å². The molecule has 0 saturated heterocycles. The molecule has 15 heteroatoms. The fraction of sp³-hybridized carbons (Fsp3) is 0.387. The molecule has 9 nitrogen and oxygen atoms in total. The van der Waals surface area contributed by atoms with E-state index in [-0.39, 0.29) is 62.5 Å². The van der Waals surface area contributed by atoms with Crippen LogP contribution in [0.2, 0.25) is 0 Å². The number of alkyl halides is 6. The molecular weight excluding hydrogens is 622 g/mol. The Labute approximate surface area is 260 Å². The molecule has 1 amide bonds. The van der Waals surface area contributed by atoms with E-state index in [1.165, 1.54) is 29.2 Å². The minimum absolute atomic E-state index is 0.00772. The lowest BCUT2D eigenvalue weighted by molar-refractivity contribution is -0.148. The van der Waals surface area contributed by atoms with E-state index < -0.39 is 41.0 Å². The lowest BCUT2D eigenvalue weighted by atomic mass is 10.0. The third kappa shape index (κ3) is 8.46. The summed E-state index contributed by atoms with van der Waals surface area (Å²) in [4.78, 5) is 16.2. The van der Waals surface area contributed by atoms with Gasteiger partial charge in [-0.25, -0.2) is 14.3 Å². The summed E-state index contributed by atoms with van der Waals surface area (Å²) >= 11 is 0. The molecule has 0 atom stereocenters. The Morgan fingerprint density at radius 1 is 0.826 bits per heavy atom. The number of benzene rings is 2. The lowest BCUT2D eigenvalue weighted by Crippen LogP contribution is -2.46. The van der Waals surface area contributed by atoms with Gasteiger partial charge in [0.15, 0.2) is 11.3 Å². The number of halogens is 6. The largest absolute Gasteiger partial charge is 0.491 e. The number of carboxylic acid groups (broad SMARTS) is 1. The summed E-state index contributed by atoms with van der Waals surface area (Å²) in [6, 6.07) is 14.1. The highest BCUT2D eigenvalue weighted by molar-refractivity contribution is 5.90. The van der Waals surface area contributed by atoms with E-state index in [1.807, 2.05) is 0 Å². The molecule has 0 unspecified atom stereocenters. The van der Waals surface area contributed by atoms with Crippen molar-refractivity contribution in [3.05, 3.63) is 72.1 Å². The molecule has 0 aliphatic carbocycles. The highest BCUT2D eigenvalue weighted by Gasteiger charge is 2.41. The van der Waals surface area contributed by atoms with E-state index in [0.29, 0.717) is 15.8 Å². The van der Waals surface area contributed by atoms with Gasteiger partial charge in [-0.2, -0.15) is 31.4 Å². The summed E-state index contributed by atoms with van der Waals surface area (Å²) in [5, 5.41) is 13.4. The van der Waals surface area contributed by atoms with E-state index >= 15 is 0 Å². The van der Waals surface area contributed by atoms with E-state index in [9.17, 15) is 36.2 Å². The van der Waals surface area contributed by atoms with Crippen LogP contribution in [-0.2, 0) is 21.8 Å². The van der Waals surface area contributed by atoms with Gasteiger partial charge in [0, 0.05) is 17.6 Å². The van der Waals surface area contributed by atoms with Gasteiger partial charge in [0.1, 0.15) is 23.7 Å². The Balaban J connectivity index is 1.44. The molecule has 248 valence electrons. The SMILES string of the molecule is CC(C)(C)N(CCOCCOCCOc1ccc(-c2c(-c3ccccc3)nn3c(C(F)(F)F)cc(C(F)(F)F)nc23)cc1)C(=O)O. The molecule has 46 heavy (non-hydrogen) atoms. The molecule has 0 spiro atoms. The van der Waals surface area contributed by atoms with E-state index in [1.54, 1.807) is 51.1 Å². The topological polar surface area (TPSA) is 98.4 Å². The van der Waals surface area contributed by atoms with Gasteiger partial charge in [0.25, 0.3) is 0 Å². The smallest absolute Gasteiger partial charge is 0.433 e. The van der Waals surface area contributed by atoms with Crippen LogP contribution in [0.1, 0.15) is 32.2 Å². The lowest BCUT2D eigenvalue weighted by Gasteiger charge is -2.32. The second kappa shape index (κ2) is 14.0. The zero-order chi connectivity index (χ0) is 33.7. The van der Waals surface area contributed by atoms with Crippen LogP contribution in [0.4, 0.5) is 31.1 Å². The number of carbonyl (C=O) groups is 1. The maximum absolute atomic E-state index is 13.9. The fourth-order valence-electron chi connectivity index (χ4n) is 4.56. The first-order chi connectivity index (χ1) is 21.6. The van der Waals surface area contributed by atoms with Gasteiger partial charge in [-0.1, -0.05) is 42.5 Å². The Kier molecular flexibility index (Phi) is 10.5. The van der Waals surface area contributed by atoms with E-state index in [0.717, 1.165) is 0 Å². The molecule has 0 aliphatic heterocycles. The van der Waals surface area contributed by atoms with E-state index in [2.05, 4.69) is 10.1 Å². The Hall–Kier alpha value is -4.37.